The van der Waals surface area contributed by atoms with Crippen LogP contribution in [0.3, 0.4) is 0 Å². The average Bonchev–Trinajstić information content (AvgIpc) is 2.46. The molecule has 0 spiro atoms. The SMILES string of the molecule is O=C(O)N1CCC(C(O)c2ccc(C(F)(F)F)cc2)CC1. The fourth-order valence-electron chi connectivity index (χ4n) is 2.55. The molecule has 0 aromatic heterocycles. The van der Waals surface area contributed by atoms with E-state index in [0.717, 1.165) is 12.1 Å². The Morgan fingerprint density at radius 1 is 1.19 bits per heavy atom. The maximum atomic E-state index is 12.5. The molecule has 1 saturated heterocycles. The lowest BCUT2D eigenvalue weighted by Crippen LogP contribution is -2.38. The van der Waals surface area contributed by atoms with Gasteiger partial charge in [0.05, 0.1) is 11.7 Å². The fraction of sp³-hybridized carbons (Fsp3) is 0.500. The third-order valence-corrected chi connectivity index (χ3v) is 3.84. The first-order valence-electron chi connectivity index (χ1n) is 6.62. The molecule has 1 fully saturated rings. The Balaban J connectivity index is 2.01. The van der Waals surface area contributed by atoms with Crippen molar-refractivity contribution in [3.8, 4) is 0 Å². The van der Waals surface area contributed by atoms with Gasteiger partial charge in [-0.3, -0.25) is 0 Å². The van der Waals surface area contributed by atoms with Crippen molar-refractivity contribution in [2.45, 2.75) is 25.1 Å². The third kappa shape index (κ3) is 3.66. The van der Waals surface area contributed by atoms with Crippen molar-refractivity contribution in [3.05, 3.63) is 35.4 Å². The molecule has 1 aromatic rings. The van der Waals surface area contributed by atoms with Crippen molar-refractivity contribution >= 4 is 6.09 Å². The zero-order chi connectivity index (χ0) is 15.6. The van der Waals surface area contributed by atoms with Gasteiger partial charge in [-0.2, -0.15) is 13.2 Å². The second-order valence-electron chi connectivity index (χ2n) is 5.17. The molecule has 21 heavy (non-hydrogen) atoms. The van der Waals surface area contributed by atoms with Crippen LogP contribution in [0.2, 0.25) is 0 Å². The average molecular weight is 303 g/mol. The van der Waals surface area contributed by atoms with Crippen molar-refractivity contribution in [1.29, 1.82) is 0 Å². The molecule has 2 N–H and O–H groups in total. The number of hydrogen-bond acceptors (Lipinski definition) is 2. The van der Waals surface area contributed by atoms with Gasteiger partial charge in [-0.1, -0.05) is 12.1 Å². The summed E-state index contributed by atoms with van der Waals surface area (Å²) in [6.45, 7) is 0.662. The van der Waals surface area contributed by atoms with Crippen molar-refractivity contribution in [3.63, 3.8) is 0 Å². The number of rotatable bonds is 2. The van der Waals surface area contributed by atoms with Crippen LogP contribution in [-0.4, -0.2) is 34.3 Å². The summed E-state index contributed by atoms with van der Waals surface area (Å²) in [4.78, 5) is 12.1. The first kappa shape index (κ1) is 15.6. The zero-order valence-electron chi connectivity index (χ0n) is 11.2. The minimum absolute atomic E-state index is 0.141. The van der Waals surface area contributed by atoms with Crippen LogP contribution in [0.5, 0.6) is 0 Å². The van der Waals surface area contributed by atoms with Crippen LogP contribution in [-0.2, 0) is 6.18 Å². The molecule has 0 aliphatic carbocycles. The molecule has 0 saturated carbocycles. The van der Waals surface area contributed by atoms with Crippen LogP contribution in [0.1, 0.15) is 30.1 Å². The lowest BCUT2D eigenvalue weighted by Gasteiger charge is -2.32. The van der Waals surface area contributed by atoms with Crippen LogP contribution < -0.4 is 0 Å². The summed E-state index contributed by atoms with van der Waals surface area (Å²) < 4.78 is 37.4. The molecule has 1 aromatic carbocycles. The number of hydrogen-bond donors (Lipinski definition) is 2. The summed E-state index contributed by atoms with van der Waals surface area (Å²) >= 11 is 0. The maximum absolute atomic E-state index is 12.5. The van der Waals surface area contributed by atoms with Crippen molar-refractivity contribution < 1.29 is 28.2 Å². The highest BCUT2D eigenvalue weighted by Gasteiger charge is 2.31. The fourth-order valence-corrected chi connectivity index (χ4v) is 2.55. The van der Waals surface area contributed by atoms with Crippen LogP contribution in [0.15, 0.2) is 24.3 Å². The van der Waals surface area contributed by atoms with Gasteiger partial charge in [0.15, 0.2) is 0 Å². The Morgan fingerprint density at radius 3 is 2.14 bits per heavy atom. The van der Waals surface area contributed by atoms with Gasteiger partial charge >= 0.3 is 12.3 Å². The number of piperidine rings is 1. The van der Waals surface area contributed by atoms with Crippen molar-refractivity contribution in [2.75, 3.05) is 13.1 Å². The summed E-state index contributed by atoms with van der Waals surface area (Å²) in [5, 5.41) is 19.1. The number of carboxylic acid groups (broad SMARTS) is 1. The van der Waals surface area contributed by atoms with Crippen LogP contribution in [0.4, 0.5) is 18.0 Å². The summed E-state index contributed by atoms with van der Waals surface area (Å²) in [5.41, 5.74) is -0.323. The first-order valence-corrected chi connectivity index (χ1v) is 6.62. The molecule has 4 nitrogen and oxygen atoms in total. The number of benzene rings is 1. The second-order valence-corrected chi connectivity index (χ2v) is 5.17. The van der Waals surface area contributed by atoms with Crippen molar-refractivity contribution in [1.82, 2.24) is 4.90 Å². The normalized spacial score (nSPS) is 18.6. The number of nitrogens with zero attached hydrogens (tertiary/aromatic N) is 1. The van der Waals surface area contributed by atoms with Gasteiger partial charge in [0, 0.05) is 13.1 Å². The molecular formula is C14H16F3NO3. The molecule has 1 amide bonds. The Bertz CT molecular complexity index is 493. The highest BCUT2D eigenvalue weighted by atomic mass is 19.4. The van der Waals surface area contributed by atoms with E-state index in [-0.39, 0.29) is 5.92 Å². The number of aliphatic hydroxyl groups is 1. The standard InChI is InChI=1S/C14H16F3NO3/c15-14(16,17)11-3-1-9(2-4-11)12(19)10-5-7-18(8-6-10)13(20)21/h1-4,10,12,19H,5-8H2,(H,20,21). The van der Waals surface area contributed by atoms with Crippen molar-refractivity contribution in [2.24, 2.45) is 5.92 Å². The maximum Gasteiger partial charge on any atom is 0.416 e. The quantitative estimate of drug-likeness (QED) is 0.882. The first-order chi connectivity index (χ1) is 9.79. The smallest absolute Gasteiger partial charge is 0.416 e. The molecular weight excluding hydrogens is 287 g/mol. The molecule has 0 radical (unpaired) electrons. The van der Waals surface area contributed by atoms with Gasteiger partial charge < -0.3 is 15.1 Å². The van der Waals surface area contributed by atoms with E-state index in [1.807, 2.05) is 0 Å². The summed E-state index contributed by atoms with van der Waals surface area (Å²) in [6, 6.07) is 4.45. The van der Waals surface area contributed by atoms with Gasteiger partial charge in [0.25, 0.3) is 0 Å². The Kier molecular flexibility index (Phi) is 4.41. The van der Waals surface area contributed by atoms with Gasteiger partial charge in [-0.15, -0.1) is 0 Å². The number of carbonyl (C=O) groups is 1. The minimum Gasteiger partial charge on any atom is -0.465 e. The summed E-state index contributed by atoms with van der Waals surface area (Å²) in [6.07, 6.45) is -5.26. The lowest BCUT2D eigenvalue weighted by atomic mass is 9.87. The Labute approximate surface area is 119 Å². The number of halogens is 3. The molecule has 7 heteroatoms. The Hall–Kier alpha value is -1.76. The van der Waals surface area contributed by atoms with E-state index in [2.05, 4.69) is 0 Å². The highest BCUT2D eigenvalue weighted by molar-refractivity contribution is 5.65. The molecule has 1 heterocycles. The zero-order valence-corrected chi connectivity index (χ0v) is 11.2. The van der Waals surface area contributed by atoms with Gasteiger partial charge in [0.2, 0.25) is 0 Å². The van der Waals surface area contributed by atoms with E-state index in [1.54, 1.807) is 0 Å². The van der Waals surface area contributed by atoms with Crippen LogP contribution in [0.25, 0.3) is 0 Å². The number of likely N-dealkylation sites (tertiary alicyclic amines) is 1. The number of alkyl halides is 3. The number of amides is 1. The van der Waals surface area contributed by atoms with Crippen LogP contribution in [0, 0.1) is 5.92 Å². The van der Waals surface area contributed by atoms with Crippen LogP contribution >= 0.6 is 0 Å². The summed E-state index contributed by atoms with van der Waals surface area (Å²) in [7, 11) is 0. The molecule has 116 valence electrons. The highest BCUT2D eigenvalue weighted by Crippen LogP contribution is 2.33. The lowest BCUT2D eigenvalue weighted by molar-refractivity contribution is -0.137. The molecule has 1 aliphatic heterocycles. The van der Waals surface area contributed by atoms with Gasteiger partial charge in [0.1, 0.15) is 0 Å². The third-order valence-electron chi connectivity index (χ3n) is 3.84. The molecule has 1 unspecified atom stereocenters. The minimum atomic E-state index is -4.39. The van der Waals surface area contributed by atoms with E-state index >= 15 is 0 Å². The second kappa shape index (κ2) is 5.93. The van der Waals surface area contributed by atoms with E-state index in [0.29, 0.717) is 31.5 Å². The van der Waals surface area contributed by atoms with E-state index < -0.39 is 23.9 Å². The van der Waals surface area contributed by atoms with E-state index in [1.165, 1.54) is 17.0 Å². The molecule has 1 aliphatic rings. The summed E-state index contributed by atoms with van der Waals surface area (Å²) in [5.74, 6) is -0.141. The predicted octanol–water partition coefficient (Wildman–Crippen LogP) is 3.13. The topological polar surface area (TPSA) is 60.8 Å². The Morgan fingerprint density at radius 2 is 1.71 bits per heavy atom. The number of aliphatic hydroxyl groups excluding tert-OH is 1. The van der Waals surface area contributed by atoms with Gasteiger partial charge in [-0.25, -0.2) is 4.79 Å². The van der Waals surface area contributed by atoms with Gasteiger partial charge in [-0.05, 0) is 36.5 Å². The monoisotopic (exact) mass is 303 g/mol. The predicted molar refractivity (Wildman–Crippen MR) is 68.7 cm³/mol. The molecule has 2 rings (SSSR count). The van der Waals surface area contributed by atoms with E-state index in [9.17, 15) is 23.1 Å². The molecule has 0 bridgehead atoms. The molecule has 1 atom stereocenters. The largest absolute Gasteiger partial charge is 0.465 e. The van der Waals surface area contributed by atoms with E-state index in [4.69, 9.17) is 5.11 Å².